The van der Waals surface area contributed by atoms with Gasteiger partial charge in [-0.05, 0) is 58.8 Å². The third-order valence-corrected chi connectivity index (χ3v) is 7.91. The van der Waals surface area contributed by atoms with Crippen molar-refractivity contribution in [2.24, 2.45) is 5.41 Å². The first-order chi connectivity index (χ1) is 16.0. The minimum atomic E-state index is -1.03. The maximum Gasteiger partial charge on any atom is 0.405 e. The van der Waals surface area contributed by atoms with Crippen molar-refractivity contribution in [2.75, 3.05) is 10.6 Å². The second-order valence-electron chi connectivity index (χ2n) is 10.2. The number of carbonyl (C=O) groups excluding carboxylic acids is 1. The number of anilines is 3. The molecule has 0 saturated heterocycles. The van der Waals surface area contributed by atoms with E-state index in [-0.39, 0.29) is 17.4 Å². The molecule has 2 atom stereocenters. The van der Waals surface area contributed by atoms with E-state index >= 15 is 0 Å². The van der Waals surface area contributed by atoms with Crippen LogP contribution in [0.3, 0.4) is 0 Å². The Morgan fingerprint density at radius 2 is 2.03 bits per heavy atom. The van der Waals surface area contributed by atoms with Crippen LogP contribution >= 0.6 is 15.9 Å². The zero-order valence-electron chi connectivity index (χ0n) is 20.0. The number of fused-ring (bicyclic) bond motifs is 1. The number of amides is 2. The van der Waals surface area contributed by atoms with E-state index in [0.29, 0.717) is 23.7 Å². The number of halogens is 1. The van der Waals surface area contributed by atoms with Gasteiger partial charge < -0.3 is 26.4 Å². The Balaban J connectivity index is 1.77. The summed E-state index contributed by atoms with van der Waals surface area (Å²) >= 11 is 3.67. The van der Waals surface area contributed by atoms with Crippen molar-refractivity contribution < 1.29 is 14.7 Å². The van der Waals surface area contributed by atoms with Crippen molar-refractivity contribution in [3.8, 4) is 0 Å². The maximum absolute atomic E-state index is 12.6. The quantitative estimate of drug-likeness (QED) is 0.347. The number of carboxylic acid groups (broad SMARTS) is 1. The van der Waals surface area contributed by atoms with Gasteiger partial charge in [-0.3, -0.25) is 4.79 Å². The molecule has 4 rings (SSSR count). The largest absolute Gasteiger partial charge is 0.465 e. The lowest BCUT2D eigenvalue weighted by Crippen LogP contribution is -2.67. The van der Waals surface area contributed by atoms with Crippen molar-refractivity contribution in [3.63, 3.8) is 0 Å². The molecule has 2 unspecified atom stereocenters. The number of hydrogen-bond donors (Lipinski definition) is 5. The van der Waals surface area contributed by atoms with E-state index in [0.717, 1.165) is 47.0 Å². The summed E-state index contributed by atoms with van der Waals surface area (Å²) in [4.78, 5) is 29.3. The van der Waals surface area contributed by atoms with E-state index in [9.17, 15) is 14.7 Å². The van der Waals surface area contributed by atoms with Crippen LogP contribution in [0.1, 0.15) is 67.9 Å². The number of benzene rings is 1. The van der Waals surface area contributed by atoms with Crippen LogP contribution in [0.5, 0.6) is 0 Å². The van der Waals surface area contributed by atoms with Crippen molar-refractivity contribution in [2.45, 2.75) is 71.5 Å². The molecule has 1 saturated carbocycles. The van der Waals surface area contributed by atoms with Gasteiger partial charge in [0.05, 0.1) is 21.6 Å². The van der Waals surface area contributed by atoms with Gasteiger partial charge in [0.2, 0.25) is 0 Å². The molecule has 1 aromatic heterocycles. The molecule has 0 radical (unpaired) electrons. The number of nitrogens with zero attached hydrogens (tertiary/aromatic N) is 1. The van der Waals surface area contributed by atoms with Gasteiger partial charge in [-0.1, -0.05) is 45.7 Å². The maximum atomic E-state index is 12.6. The summed E-state index contributed by atoms with van der Waals surface area (Å²) < 4.78 is 0.722. The number of nitrogens with one attached hydrogen (secondary N) is 4. The number of rotatable bonds is 5. The lowest BCUT2D eigenvalue weighted by molar-refractivity contribution is 0.0720. The van der Waals surface area contributed by atoms with E-state index in [1.807, 2.05) is 31.2 Å². The molecule has 1 aliphatic carbocycles. The summed E-state index contributed by atoms with van der Waals surface area (Å²) in [6.45, 7) is 8.62. The Kier molecular flexibility index (Phi) is 6.50. The molecule has 8 nitrogen and oxygen atoms in total. The Hall–Kier alpha value is -2.81. The number of carbonyl (C=O) groups is 2. The van der Waals surface area contributed by atoms with Gasteiger partial charge in [-0.2, -0.15) is 0 Å². The molecule has 1 aromatic carbocycles. The number of aromatic nitrogens is 1. The van der Waals surface area contributed by atoms with E-state index in [4.69, 9.17) is 4.98 Å². The smallest absolute Gasteiger partial charge is 0.405 e. The first-order valence-corrected chi connectivity index (χ1v) is 12.4. The number of hydrogen-bond acceptors (Lipinski definition) is 5. The normalized spacial score (nSPS) is 22.0. The SMILES string of the molecule is Cc1cccc(Nc2nc(NC3CCCCC3(NC(=O)O)C(C)(C)C)c(Br)c3c2C(=O)NC3)c1. The Labute approximate surface area is 208 Å². The van der Waals surface area contributed by atoms with Crippen LogP contribution in [0.4, 0.5) is 22.1 Å². The molecular weight excluding hydrogens is 498 g/mol. The van der Waals surface area contributed by atoms with Gasteiger partial charge in [0.15, 0.2) is 0 Å². The fourth-order valence-corrected chi connectivity index (χ4v) is 5.83. The highest BCUT2D eigenvalue weighted by Crippen LogP contribution is 2.45. The van der Waals surface area contributed by atoms with Crippen LogP contribution in [-0.4, -0.2) is 33.7 Å². The lowest BCUT2D eigenvalue weighted by Gasteiger charge is -2.52. The first-order valence-electron chi connectivity index (χ1n) is 11.6. The van der Waals surface area contributed by atoms with Gasteiger partial charge in [0.25, 0.3) is 5.91 Å². The van der Waals surface area contributed by atoms with Gasteiger partial charge in [0.1, 0.15) is 11.6 Å². The summed E-state index contributed by atoms with van der Waals surface area (Å²) in [5.41, 5.74) is 2.30. The molecule has 1 aliphatic heterocycles. The lowest BCUT2D eigenvalue weighted by atomic mass is 9.63. The van der Waals surface area contributed by atoms with Crippen LogP contribution in [0, 0.1) is 12.3 Å². The van der Waals surface area contributed by atoms with Crippen LogP contribution < -0.4 is 21.3 Å². The van der Waals surface area contributed by atoms with Crippen LogP contribution in [0.15, 0.2) is 28.7 Å². The topological polar surface area (TPSA) is 115 Å². The van der Waals surface area contributed by atoms with Gasteiger partial charge >= 0.3 is 6.09 Å². The fraction of sp³-hybridized carbons (Fsp3) is 0.480. The van der Waals surface area contributed by atoms with Crippen molar-refractivity contribution >= 4 is 45.3 Å². The average Bonchev–Trinajstić information content (AvgIpc) is 3.14. The highest BCUT2D eigenvalue weighted by atomic mass is 79.9. The zero-order valence-corrected chi connectivity index (χ0v) is 21.6. The molecule has 1 fully saturated rings. The molecule has 2 aliphatic rings. The molecule has 34 heavy (non-hydrogen) atoms. The first kappa shape index (κ1) is 24.3. The van der Waals surface area contributed by atoms with Gasteiger partial charge in [0, 0.05) is 17.8 Å². The van der Waals surface area contributed by atoms with Gasteiger partial charge in [-0.15, -0.1) is 0 Å². The van der Waals surface area contributed by atoms with Crippen molar-refractivity contribution in [3.05, 3.63) is 45.4 Å². The molecule has 2 heterocycles. The molecular formula is C25H32BrN5O3. The second kappa shape index (κ2) is 9.09. The van der Waals surface area contributed by atoms with Crippen molar-refractivity contribution in [1.29, 1.82) is 0 Å². The van der Waals surface area contributed by atoms with Gasteiger partial charge in [-0.25, -0.2) is 9.78 Å². The Bertz CT molecular complexity index is 1130. The highest BCUT2D eigenvalue weighted by Gasteiger charge is 2.51. The van der Waals surface area contributed by atoms with E-state index in [1.165, 1.54) is 0 Å². The summed E-state index contributed by atoms with van der Waals surface area (Å²) in [6, 6.07) is 7.72. The zero-order chi connectivity index (χ0) is 24.7. The predicted octanol–water partition coefficient (Wildman–Crippen LogP) is 5.55. The minimum absolute atomic E-state index is 0.167. The third-order valence-electron chi connectivity index (χ3n) is 7.06. The van der Waals surface area contributed by atoms with E-state index < -0.39 is 11.6 Å². The standard InChI is InChI=1S/C25H32BrN5O3/c1-14-8-7-9-15(12-14)28-20-18-16(13-27-22(18)32)19(26)21(30-20)29-17-10-5-6-11-25(17,24(2,3)4)31-23(33)34/h7-9,12,17,31H,5-6,10-11,13H2,1-4H3,(H,27,32)(H,33,34)(H2,28,29,30). The number of aryl methyl sites for hydroxylation is 1. The molecule has 5 N–H and O–H groups in total. The summed E-state index contributed by atoms with van der Waals surface area (Å²) in [6.07, 6.45) is 2.46. The van der Waals surface area contributed by atoms with Crippen LogP contribution in [-0.2, 0) is 6.54 Å². The van der Waals surface area contributed by atoms with Crippen LogP contribution in [0.2, 0.25) is 0 Å². The molecule has 0 bridgehead atoms. The molecule has 2 aromatic rings. The molecule has 2 amide bonds. The second-order valence-corrected chi connectivity index (χ2v) is 11.0. The summed E-state index contributed by atoms with van der Waals surface area (Å²) in [5, 5.41) is 22.4. The average molecular weight is 530 g/mol. The molecule has 9 heteroatoms. The minimum Gasteiger partial charge on any atom is -0.465 e. The predicted molar refractivity (Wildman–Crippen MR) is 137 cm³/mol. The number of pyridine rings is 1. The summed E-state index contributed by atoms with van der Waals surface area (Å²) in [7, 11) is 0. The molecule has 182 valence electrons. The Morgan fingerprint density at radius 3 is 2.71 bits per heavy atom. The fourth-order valence-electron chi connectivity index (χ4n) is 5.28. The third kappa shape index (κ3) is 4.45. The highest BCUT2D eigenvalue weighted by molar-refractivity contribution is 9.10. The molecule has 0 spiro atoms. The van der Waals surface area contributed by atoms with Crippen LogP contribution in [0.25, 0.3) is 0 Å². The Morgan fingerprint density at radius 1 is 1.26 bits per heavy atom. The monoisotopic (exact) mass is 529 g/mol. The van der Waals surface area contributed by atoms with E-state index in [2.05, 4.69) is 58.0 Å². The van der Waals surface area contributed by atoms with Crippen molar-refractivity contribution in [1.82, 2.24) is 15.6 Å². The van der Waals surface area contributed by atoms with E-state index in [1.54, 1.807) is 0 Å². The summed E-state index contributed by atoms with van der Waals surface area (Å²) in [5.74, 6) is 0.905.